The zero-order valence-electron chi connectivity index (χ0n) is 17.0. The van der Waals surface area contributed by atoms with Crippen molar-refractivity contribution in [2.45, 2.75) is 51.4 Å². The molecule has 3 amide bonds. The van der Waals surface area contributed by atoms with Gasteiger partial charge in [-0.25, -0.2) is 9.00 Å². The molecule has 2 aliphatic carbocycles. The Morgan fingerprint density at radius 3 is 2.29 bits per heavy atom. The summed E-state index contributed by atoms with van der Waals surface area (Å²) in [6.45, 7) is 0.764. The normalized spacial score (nSPS) is 17.0. The van der Waals surface area contributed by atoms with Gasteiger partial charge in [0.1, 0.15) is 9.92 Å². The number of anilines is 1. The van der Waals surface area contributed by atoms with Gasteiger partial charge >= 0.3 is 6.03 Å². The standard InChI is InChI=1S/C20H30N4O3S/c1-24(2)12-6-11-18(25)22-28(3,27)23-20(26)21-19-16-9-4-7-14(16)13-15-8-5-10-17(15)19/h13H,4-12H2,1-3H3,(H2,21,22,23,25,26,27). The number of amides is 3. The first-order chi connectivity index (χ1) is 13.2. The van der Waals surface area contributed by atoms with Crippen LogP contribution >= 0.6 is 0 Å². The molecule has 0 radical (unpaired) electrons. The maximum absolute atomic E-state index is 12.6. The van der Waals surface area contributed by atoms with Crippen LogP contribution in [0.2, 0.25) is 0 Å². The largest absolute Gasteiger partial charge is 0.354 e. The Bertz CT molecular complexity index is 869. The number of benzene rings is 1. The number of nitrogens with zero attached hydrogens (tertiary/aromatic N) is 2. The summed E-state index contributed by atoms with van der Waals surface area (Å²) >= 11 is 0. The highest BCUT2D eigenvalue weighted by Gasteiger charge is 2.25. The molecule has 0 fully saturated rings. The van der Waals surface area contributed by atoms with Gasteiger partial charge in [0.05, 0.1) is 0 Å². The van der Waals surface area contributed by atoms with E-state index in [-0.39, 0.29) is 12.3 Å². The van der Waals surface area contributed by atoms with Crippen LogP contribution < -0.4 is 10.0 Å². The van der Waals surface area contributed by atoms with Crippen LogP contribution in [-0.2, 0) is 40.4 Å². The number of aryl methyl sites for hydroxylation is 2. The average Bonchev–Trinajstić information content (AvgIpc) is 3.21. The molecule has 0 spiro atoms. The van der Waals surface area contributed by atoms with Crippen molar-refractivity contribution >= 4 is 27.5 Å². The lowest BCUT2D eigenvalue weighted by atomic mass is 9.99. The molecule has 1 atom stereocenters. The maximum atomic E-state index is 12.6. The summed E-state index contributed by atoms with van der Waals surface area (Å²) in [5.74, 6) is -0.354. The van der Waals surface area contributed by atoms with E-state index in [0.29, 0.717) is 6.42 Å². The molecule has 154 valence electrons. The van der Waals surface area contributed by atoms with E-state index in [4.69, 9.17) is 0 Å². The van der Waals surface area contributed by atoms with Crippen LogP contribution in [0.1, 0.15) is 47.9 Å². The highest BCUT2D eigenvalue weighted by molar-refractivity contribution is 7.91. The number of urea groups is 1. The number of carbonyl (C=O) groups is 2. The van der Waals surface area contributed by atoms with E-state index in [1.165, 1.54) is 28.5 Å². The smallest absolute Gasteiger partial charge is 0.309 e. The first kappa shape index (κ1) is 20.8. The minimum absolute atomic E-state index is 0.250. The highest BCUT2D eigenvalue weighted by Crippen LogP contribution is 2.38. The summed E-state index contributed by atoms with van der Waals surface area (Å²) in [7, 11) is 0.727. The van der Waals surface area contributed by atoms with Gasteiger partial charge in [-0.3, -0.25) is 9.52 Å². The van der Waals surface area contributed by atoms with Crippen LogP contribution in [0.3, 0.4) is 0 Å². The van der Waals surface area contributed by atoms with Crippen molar-refractivity contribution in [2.75, 3.05) is 32.2 Å². The molecule has 1 aromatic carbocycles. The number of nitrogens with one attached hydrogen (secondary N) is 2. The van der Waals surface area contributed by atoms with Crippen LogP contribution in [0.25, 0.3) is 0 Å². The summed E-state index contributed by atoms with van der Waals surface area (Å²) in [6.07, 6.45) is 8.34. The second-order valence-electron chi connectivity index (χ2n) is 7.99. The van der Waals surface area contributed by atoms with Crippen LogP contribution in [0.15, 0.2) is 10.4 Å². The van der Waals surface area contributed by atoms with Crippen molar-refractivity contribution in [3.05, 3.63) is 28.3 Å². The number of fused-ring (bicyclic) bond motifs is 2. The minimum Gasteiger partial charge on any atom is -0.309 e. The summed E-state index contributed by atoms with van der Waals surface area (Å²) in [6, 6.07) is 1.63. The molecule has 3 rings (SSSR count). The van der Waals surface area contributed by atoms with E-state index >= 15 is 0 Å². The second kappa shape index (κ2) is 8.61. The molecular formula is C20H30N4O3S. The van der Waals surface area contributed by atoms with Gasteiger partial charge in [0.15, 0.2) is 0 Å². The fraction of sp³-hybridized carbons (Fsp3) is 0.600. The fourth-order valence-electron chi connectivity index (χ4n) is 4.10. The molecule has 28 heavy (non-hydrogen) atoms. The van der Waals surface area contributed by atoms with Gasteiger partial charge in [0.2, 0.25) is 5.91 Å². The number of rotatable bonds is 6. The van der Waals surface area contributed by atoms with E-state index in [1.54, 1.807) is 0 Å². The van der Waals surface area contributed by atoms with Gasteiger partial charge in [-0.2, -0.15) is 0 Å². The lowest BCUT2D eigenvalue weighted by molar-refractivity contribution is -0.119. The third-order valence-electron chi connectivity index (χ3n) is 5.27. The molecule has 7 nitrogen and oxygen atoms in total. The predicted molar refractivity (Wildman–Crippen MR) is 112 cm³/mol. The summed E-state index contributed by atoms with van der Waals surface area (Å²) < 4.78 is 18.8. The molecule has 0 bridgehead atoms. The molecule has 8 heteroatoms. The van der Waals surface area contributed by atoms with Gasteiger partial charge in [-0.15, -0.1) is 4.36 Å². The van der Waals surface area contributed by atoms with E-state index in [1.807, 2.05) is 19.0 Å². The Balaban J connectivity index is 1.70. The molecule has 1 unspecified atom stereocenters. The average molecular weight is 407 g/mol. The molecular weight excluding hydrogens is 376 g/mol. The number of hydrogen-bond donors (Lipinski definition) is 2. The zero-order valence-corrected chi connectivity index (χ0v) is 17.8. The molecule has 2 N–H and O–H groups in total. The third-order valence-corrected chi connectivity index (χ3v) is 6.40. The first-order valence-electron chi connectivity index (χ1n) is 9.90. The fourth-order valence-corrected chi connectivity index (χ4v) is 5.03. The summed E-state index contributed by atoms with van der Waals surface area (Å²) in [5, 5.41) is 2.89. The maximum Gasteiger partial charge on any atom is 0.354 e. The zero-order chi connectivity index (χ0) is 20.3. The number of hydrogen-bond acceptors (Lipinski definition) is 4. The quantitative estimate of drug-likeness (QED) is 0.760. The van der Waals surface area contributed by atoms with Gasteiger partial charge in [-0.05, 0) is 87.8 Å². The summed E-state index contributed by atoms with van der Waals surface area (Å²) in [4.78, 5) is 26.5. The molecule has 0 aromatic heterocycles. The van der Waals surface area contributed by atoms with Gasteiger partial charge < -0.3 is 10.2 Å². The molecule has 1 aromatic rings. The number of carbonyl (C=O) groups excluding carboxylic acids is 2. The van der Waals surface area contributed by atoms with Crippen LogP contribution in [0.5, 0.6) is 0 Å². The Labute approximate surface area is 167 Å². The Morgan fingerprint density at radius 2 is 1.71 bits per heavy atom. The summed E-state index contributed by atoms with van der Waals surface area (Å²) in [5.41, 5.74) is 5.87. The van der Waals surface area contributed by atoms with Crippen molar-refractivity contribution in [3.63, 3.8) is 0 Å². The van der Waals surface area contributed by atoms with Gasteiger partial charge in [-0.1, -0.05) is 6.07 Å². The van der Waals surface area contributed by atoms with Crippen molar-refractivity contribution in [1.82, 2.24) is 9.62 Å². The molecule has 0 saturated heterocycles. The van der Waals surface area contributed by atoms with E-state index in [0.717, 1.165) is 50.8 Å². The predicted octanol–water partition coefficient (Wildman–Crippen LogP) is 2.67. The Morgan fingerprint density at radius 1 is 1.11 bits per heavy atom. The second-order valence-corrected chi connectivity index (χ2v) is 9.98. The SMILES string of the molecule is CN(C)CCCC(=O)NS(C)(=O)=NC(=O)Nc1c2c(cc3c1CCC3)CCC2. The molecule has 0 saturated carbocycles. The first-order valence-corrected chi connectivity index (χ1v) is 11.8. The lowest BCUT2D eigenvalue weighted by Crippen LogP contribution is -2.31. The Hall–Kier alpha value is -1.93. The van der Waals surface area contributed by atoms with Crippen molar-refractivity contribution in [2.24, 2.45) is 4.36 Å². The van der Waals surface area contributed by atoms with Gasteiger partial charge in [0, 0.05) is 18.4 Å². The van der Waals surface area contributed by atoms with Crippen LogP contribution in [0, 0.1) is 0 Å². The Kier molecular flexibility index (Phi) is 6.40. The highest BCUT2D eigenvalue weighted by atomic mass is 32.2. The minimum atomic E-state index is -3.13. The van der Waals surface area contributed by atoms with Crippen molar-refractivity contribution in [1.29, 1.82) is 0 Å². The monoisotopic (exact) mass is 406 g/mol. The van der Waals surface area contributed by atoms with E-state index in [9.17, 15) is 13.8 Å². The molecule has 0 aliphatic heterocycles. The van der Waals surface area contributed by atoms with E-state index < -0.39 is 15.9 Å². The lowest BCUT2D eigenvalue weighted by Gasteiger charge is -2.15. The van der Waals surface area contributed by atoms with Gasteiger partial charge in [0.25, 0.3) is 0 Å². The molecule has 2 aliphatic rings. The van der Waals surface area contributed by atoms with E-state index in [2.05, 4.69) is 20.5 Å². The van der Waals surface area contributed by atoms with Crippen molar-refractivity contribution in [3.8, 4) is 0 Å². The third kappa shape index (κ3) is 5.11. The van der Waals surface area contributed by atoms with Crippen LogP contribution in [-0.4, -0.2) is 47.9 Å². The topological polar surface area (TPSA) is 90.9 Å². The van der Waals surface area contributed by atoms with Crippen molar-refractivity contribution < 1.29 is 13.8 Å². The van der Waals surface area contributed by atoms with Crippen LogP contribution in [0.4, 0.5) is 10.5 Å². The molecule has 0 heterocycles.